The highest BCUT2D eigenvalue weighted by Gasteiger charge is 2.63. The molecule has 0 N–H and O–H groups in total. The van der Waals surface area contributed by atoms with Crippen LogP contribution in [0.5, 0.6) is 0 Å². The molecule has 1 heteroatoms. The molecule has 0 heterocycles. The van der Waals surface area contributed by atoms with Crippen molar-refractivity contribution in [3.63, 3.8) is 0 Å². The maximum Gasteiger partial charge on any atom is 0.0468 e. The highest BCUT2D eigenvalue weighted by atomic mass is 15.1. The van der Waals surface area contributed by atoms with Crippen molar-refractivity contribution in [1.82, 2.24) is 0 Å². The van der Waals surface area contributed by atoms with Crippen molar-refractivity contribution in [2.45, 2.75) is 42.9 Å². The van der Waals surface area contributed by atoms with Crippen molar-refractivity contribution in [1.29, 1.82) is 0 Å². The number of fused-ring (bicyclic) bond motifs is 8. The van der Waals surface area contributed by atoms with Gasteiger partial charge in [0.25, 0.3) is 0 Å². The Labute approximate surface area is 319 Å². The van der Waals surface area contributed by atoms with E-state index in [0.717, 1.165) is 28.9 Å². The van der Waals surface area contributed by atoms with E-state index in [1.54, 1.807) is 11.1 Å². The second-order valence-corrected chi connectivity index (χ2v) is 16.5. The van der Waals surface area contributed by atoms with E-state index in [1.165, 1.54) is 82.2 Å². The Balaban J connectivity index is 1.09. The third-order valence-electron chi connectivity index (χ3n) is 13.7. The second-order valence-electron chi connectivity index (χ2n) is 16.5. The molecule has 2 unspecified atom stereocenters. The SMILES string of the molecule is C=Cc1ccc(C23CC4CC(c5ccc6c(c5)-c5ccccc5-c5ccccc5-c5cc(N(c7ccccc7)c7ccccc7)ccc5-6)(CC4C2)C3)cc1. The first-order chi connectivity index (χ1) is 26.6. The van der Waals surface area contributed by atoms with Crippen molar-refractivity contribution in [2.24, 2.45) is 11.8 Å². The molecule has 4 fully saturated rings. The van der Waals surface area contributed by atoms with Gasteiger partial charge in [-0.2, -0.15) is 0 Å². The van der Waals surface area contributed by atoms with Crippen molar-refractivity contribution in [3.05, 3.63) is 193 Å². The van der Waals surface area contributed by atoms with Crippen molar-refractivity contribution in [2.75, 3.05) is 4.90 Å². The topological polar surface area (TPSA) is 3.24 Å². The fourth-order valence-corrected chi connectivity index (χ4v) is 11.5. The van der Waals surface area contributed by atoms with Crippen LogP contribution < -0.4 is 4.90 Å². The molecule has 7 aromatic rings. The Morgan fingerprint density at radius 2 is 0.833 bits per heavy atom. The van der Waals surface area contributed by atoms with E-state index in [-0.39, 0.29) is 10.8 Å². The zero-order chi connectivity index (χ0) is 35.9. The molecule has 0 aliphatic heterocycles. The lowest BCUT2D eigenvalue weighted by molar-refractivity contribution is 0.189. The summed E-state index contributed by atoms with van der Waals surface area (Å²) in [7, 11) is 0. The molecule has 0 aromatic heterocycles. The first-order valence-corrected chi connectivity index (χ1v) is 19.7. The van der Waals surface area contributed by atoms with Crippen molar-refractivity contribution < 1.29 is 0 Å². The van der Waals surface area contributed by atoms with Gasteiger partial charge in [0.15, 0.2) is 0 Å². The minimum atomic E-state index is 0.214. The Kier molecular flexibility index (Phi) is 7.05. The van der Waals surface area contributed by atoms with Crippen LogP contribution in [0.25, 0.3) is 50.6 Å². The molecular formula is C53H43N. The minimum absolute atomic E-state index is 0.214. The van der Waals surface area contributed by atoms with E-state index in [2.05, 4.69) is 181 Å². The summed E-state index contributed by atoms with van der Waals surface area (Å²) in [6.45, 7) is 4.01. The molecule has 54 heavy (non-hydrogen) atoms. The first-order valence-electron chi connectivity index (χ1n) is 19.7. The normalized spacial score (nSPS) is 22.7. The van der Waals surface area contributed by atoms with Crippen LogP contribution in [0.1, 0.15) is 48.8 Å². The lowest BCUT2D eigenvalue weighted by atomic mass is 9.56. The monoisotopic (exact) mass is 693 g/mol. The average Bonchev–Trinajstić information content (AvgIpc) is 3.65. The largest absolute Gasteiger partial charge is 0.310 e. The molecule has 260 valence electrons. The van der Waals surface area contributed by atoms with E-state index < -0.39 is 0 Å². The Morgan fingerprint density at radius 3 is 1.37 bits per heavy atom. The molecule has 1 nitrogen and oxygen atoms in total. The van der Waals surface area contributed by atoms with Gasteiger partial charge in [-0.3, -0.25) is 0 Å². The van der Waals surface area contributed by atoms with Crippen LogP contribution in [0.2, 0.25) is 0 Å². The van der Waals surface area contributed by atoms with E-state index in [0.29, 0.717) is 0 Å². The van der Waals surface area contributed by atoms with Crippen LogP contribution in [-0.4, -0.2) is 0 Å². The third kappa shape index (κ3) is 4.77. The van der Waals surface area contributed by atoms with E-state index in [1.807, 2.05) is 6.08 Å². The van der Waals surface area contributed by atoms with Gasteiger partial charge in [-0.15, -0.1) is 0 Å². The van der Waals surface area contributed by atoms with Crippen LogP contribution in [0.15, 0.2) is 176 Å². The van der Waals surface area contributed by atoms with Crippen LogP contribution >= 0.6 is 0 Å². The van der Waals surface area contributed by atoms with Crippen LogP contribution in [0.4, 0.5) is 17.1 Å². The minimum Gasteiger partial charge on any atom is -0.310 e. The maximum atomic E-state index is 4.01. The summed E-state index contributed by atoms with van der Waals surface area (Å²) >= 11 is 0. The Bertz CT molecular complexity index is 2510. The molecule has 4 saturated carbocycles. The van der Waals surface area contributed by atoms with Gasteiger partial charge in [0.1, 0.15) is 0 Å². The van der Waals surface area contributed by atoms with Crippen LogP contribution in [-0.2, 0) is 10.8 Å². The van der Waals surface area contributed by atoms with Gasteiger partial charge in [-0.05, 0) is 158 Å². The fourth-order valence-electron chi connectivity index (χ4n) is 11.5. The molecule has 2 atom stereocenters. The zero-order valence-electron chi connectivity index (χ0n) is 30.6. The van der Waals surface area contributed by atoms with Gasteiger partial charge in [-0.25, -0.2) is 0 Å². The molecule has 0 saturated heterocycles. The fraction of sp³-hybridized carbons (Fsp3) is 0.170. The van der Waals surface area contributed by atoms with E-state index in [9.17, 15) is 0 Å². The molecular weight excluding hydrogens is 651 g/mol. The molecule has 4 bridgehead atoms. The molecule has 7 aromatic carbocycles. The molecule has 5 aliphatic rings. The second kappa shape index (κ2) is 12.1. The average molecular weight is 694 g/mol. The number of hydrogen-bond acceptors (Lipinski definition) is 1. The van der Waals surface area contributed by atoms with Gasteiger partial charge in [-0.1, -0.05) is 140 Å². The van der Waals surface area contributed by atoms with Crippen LogP contribution in [0.3, 0.4) is 0 Å². The van der Waals surface area contributed by atoms with Gasteiger partial charge in [0.05, 0.1) is 0 Å². The first kappa shape index (κ1) is 31.6. The predicted molar refractivity (Wildman–Crippen MR) is 226 cm³/mol. The highest BCUT2D eigenvalue weighted by molar-refractivity contribution is 6.04. The quantitative estimate of drug-likeness (QED) is 0.168. The molecule has 12 rings (SSSR count). The smallest absolute Gasteiger partial charge is 0.0468 e. The molecule has 0 amide bonds. The molecule has 0 radical (unpaired) electrons. The lowest BCUT2D eigenvalue weighted by Gasteiger charge is -2.47. The number of rotatable bonds is 6. The standard InChI is InChI=1S/C53H43N/c1-2-36-21-23-39(24-22-36)52-31-37-33-53(35-52,34-38(37)32-52)40-25-27-48-49-28-26-43(54(41-13-5-3-6-14-41)42-15-7-4-8-16-42)30-51(49)47-20-12-10-18-45(47)44-17-9-11-19-46(44)50(48)29-40/h2-30,37-38H,1,31-35H2. The number of nitrogens with zero attached hydrogens (tertiary/aromatic N) is 1. The maximum absolute atomic E-state index is 4.01. The van der Waals surface area contributed by atoms with Gasteiger partial charge >= 0.3 is 0 Å². The zero-order valence-corrected chi connectivity index (χ0v) is 30.6. The predicted octanol–water partition coefficient (Wildman–Crippen LogP) is 14.2. The van der Waals surface area contributed by atoms with Gasteiger partial charge in [0.2, 0.25) is 0 Å². The number of benzene rings is 7. The summed E-state index contributed by atoms with van der Waals surface area (Å²) in [5.74, 6) is 1.63. The van der Waals surface area contributed by atoms with Gasteiger partial charge < -0.3 is 4.90 Å². The third-order valence-corrected chi connectivity index (χ3v) is 13.7. The van der Waals surface area contributed by atoms with E-state index in [4.69, 9.17) is 0 Å². The summed E-state index contributed by atoms with van der Waals surface area (Å²) in [5.41, 5.74) is 18.6. The van der Waals surface area contributed by atoms with Crippen LogP contribution in [0, 0.1) is 11.8 Å². The summed E-state index contributed by atoms with van der Waals surface area (Å²) in [4.78, 5) is 2.38. The van der Waals surface area contributed by atoms with Crippen molar-refractivity contribution in [3.8, 4) is 44.5 Å². The highest BCUT2D eigenvalue weighted by Crippen LogP contribution is 2.70. The summed E-state index contributed by atoms with van der Waals surface area (Å²) in [6, 6.07) is 63.8. The number of hydrogen-bond donors (Lipinski definition) is 0. The molecule has 0 spiro atoms. The summed E-state index contributed by atoms with van der Waals surface area (Å²) in [5, 5.41) is 0. The summed E-state index contributed by atoms with van der Waals surface area (Å²) in [6.07, 6.45) is 8.55. The van der Waals surface area contributed by atoms with E-state index >= 15 is 0 Å². The van der Waals surface area contributed by atoms with Crippen molar-refractivity contribution >= 4 is 23.1 Å². The lowest BCUT2D eigenvalue weighted by Crippen LogP contribution is -2.41. The Morgan fingerprint density at radius 1 is 0.407 bits per heavy atom. The number of para-hydroxylation sites is 2. The number of anilines is 3. The molecule has 5 aliphatic carbocycles. The Hall–Kier alpha value is -5.92. The summed E-state index contributed by atoms with van der Waals surface area (Å²) < 4.78 is 0. The van der Waals surface area contributed by atoms with Gasteiger partial charge in [0, 0.05) is 17.1 Å².